The van der Waals surface area contributed by atoms with E-state index in [1.165, 1.54) is 11.1 Å². The summed E-state index contributed by atoms with van der Waals surface area (Å²) in [4.78, 5) is 20.3. The third kappa shape index (κ3) is 3.47. The number of rotatable bonds is 2. The van der Waals surface area contributed by atoms with Crippen molar-refractivity contribution in [3.8, 4) is 33.8 Å². The van der Waals surface area contributed by atoms with E-state index in [0.717, 1.165) is 50.8 Å². The number of hydrogen-bond acceptors (Lipinski definition) is 5. The maximum Gasteiger partial charge on any atom is 0.200 e. The Bertz CT molecular complexity index is 2370. The predicted molar refractivity (Wildman–Crippen MR) is 176 cm³/mol. The first kappa shape index (κ1) is 24.9. The Morgan fingerprint density at radius 2 is 1.27 bits per heavy atom. The average molecular weight is 571 g/mol. The van der Waals surface area contributed by atoms with Gasteiger partial charge in [-0.05, 0) is 94.0 Å². The highest BCUT2D eigenvalue weighted by atomic mass is 16.5. The van der Waals surface area contributed by atoms with Crippen molar-refractivity contribution in [3.05, 3.63) is 143 Å². The Kier molecular flexibility index (Phi) is 5.04. The Morgan fingerprint density at radius 1 is 0.614 bits per heavy atom. The van der Waals surface area contributed by atoms with Gasteiger partial charge in [-0.2, -0.15) is 0 Å². The van der Waals surface area contributed by atoms with Gasteiger partial charge in [0.2, 0.25) is 5.43 Å². The Balaban J connectivity index is 1.21. The molecule has 2 aliphatic rings. The lowest BCUT2D eigenvalue weighted by molar-refractivity contribution is 0.471. The first-order valence-electron chi connectivity index (χ1n) is 14.7. The second kappa shape index (κ2) is 8.91. The van der Waals surface area contributed by atoms with Crippen LogP contribution >= 0.6 is 0 Å². The zero-order chi connectivity index (χ0) is 29.6. The maximum atomic E-state index is 13.9. The van der Waals surface area contributed by atoms with Crippen LogP contribution in [0.4, 0.5) is 17.1 Å². The highest BCUT2D eigenvalue weighted by Crippen LogP contribution is 2.59. The van der Waals surface area contributed by atoms with Crippen molar-refractivity contribution in [2.45, 2.75) is 19.3 Å². The number of aromatic nitrogens is 1. The summed E-state index contributed by atoms with van der Waals surface area (Å²) in [6.07, 6.45) is 3.50. The van der Waals surface area contributed by atoms with Crippen molar-refractivity contribution in [1.82, 2.24) is 4.98 Å². The van der Waals surface area contributed by atoms with Crippen molar-refractivity contribution < 1.29 is 9.15 Å². The highest BCUT2D eigenvalue weighted by molar-refractivity contribution is 5.96. The summed E-state index contributed by atoms with van der Waals surface area (Å²) in [5, 5.41) is 1.10. The van der Waals surface area contributed by atoms with E-state index in [9.17, 15) is 4.79 Å². The Hall–Kier alpha value is -5.68. The molecule has 0 atom stereocenters. The van der Waals surface area contributed by atoms with E-state index in [4.69, 9.17) is 9.15 Å². The smallest absolute Gasteiger partial charge is 0.200 e. The summed E-state index contributed by atoms with van der Waals surface area (Å²) in [5.41, 5.74) is 10.5. The molecule has 5 nitrogen and oxygen atoms in total. The summed E-state index contributed by atoms with van der Waals surface area (Å²) < 4.78 is 12.7. The molecular formula is C39H26N2O3. The largest absolute Gasteiger partial charge is 0.456 e. The third-order valence-corrected chi connectivity index (χ3v) is 9.15. The minimum atomic E-state index is -0.177. The number of hydrogen-bond donors (Lipinski definition) is 0. The van der Waals surface area contributed by atoms with Gasteiger partial charge < -0.3 is 14.1 Å². The van der Waals surface area contributed by atoms with Gasteiger partial charge in [0.15, 0.2) is 11.5 Å². The van der Waals surface area contributed by atoms with Crippen LogP contribution in [0, 0.1) is 0 Å². The molecule has 5 heteroatoms. The molecule has 0 radical (unpaired) electrons. The molecule has 4 heterocycles. The number of ether oxygens (including phenoxy) is 1. The molecule has 0 unspecified atom stereocenters. The zero-order valence-electron chi connectivity index (χ0n) is 24.2. The number of para-hydroxylation sites is 2. The Labute approximate surface area is 253 Å². The van der Waals surface area contributed by atoms with Crippen LogP contribution in [0.3, 0.4) is 0 Å². The third-order valence-electron chi connectivity index (χ3n) is 9.15. The number of fused-ring (bicyclic) bond motifs is 6. The fourth-order valence-corrected chi connectivity index (χ4v) is 6.89. The molecule has 0 bridgehead atoms. The van der Waals surface area contributed by atoms with Gasteiger partial charge >= 0.3 is 0 Å². The number of nitrogens with zero attached hydrogens (tertiary/aromatic N) is 2. The lowest BCUT2D eigenvalue weighted by Crippen LogP contribution is -2.32. The fraction of sp³-hybridized carbons (Fsp3) is 0.0769. The first-order valence-corrected chi connectivity index (χ1v) is 14.7. The van der Waals surface area contributed by atoms with Gasteiger partial charge in [0.1, 0.15) is 11.2 Å². The molecule has 0 saturated carbocycles. The van der Waals surface area contributed by atoms with Crippen LogP contribution in [0.15, 0.2) is 131 Å². The van der Waals surface area contributed by atoms with E-state index in [0.29, 0.717) is 21.9 Å². The van der Waals surface area contributed by atoms with Gasteiger partial charge in [-0.1, -0.05) is 62.4 Å². The lowest BCUT2D eigenvalue weighted by atomic mass is 9.73. The Morgan fingerprint density at radius 3 is 2.05 bits per heavy atom. The molecular weight excluding hydrogens is 544 g/mol. The van der Waals surface area contributed by atoms with Gasteiger partial charge in [0.25, 0.3) is 0 Å². The van der Waals surface area contributed by atoms with Crippen molar-refractivity contribution in [1.29, 1.82) is 0 Å². The van der Waals surface area contributed by atoms with Crippen molar-refractivity contribution in [2.24, 2.45) is 0 Å². The van der Waals surface area contributed by atoms with Crippen LogP contribution in [-0.2, 0) is 5.41 Å². The standard InChI is InChI=1S/C39H26N2O3/c1-39(2)29-6-3-4-8-31(29)41-32-22-26(12-15-35(32)44-36-9-5-7-30(39)37(36)41)25-11-14-34-28(21-25)38(42)27-20-24(10-13-33(27)43-34)23-16-18-40-19-17-23/h3-22H,1-2H3. The predicted octanol–water partition coefficient (Wildman–Crippen LogP) is 9.89. The molecule has 0 saturated heterocycles. The van der Waals surface area contributed by atoms with Crippen LogP contribution in [0.2, 0.25) is 0 Å². The molecule has 0 N–H and O–H groups in total. The van der Waals surface area contributed by atoms with E-state index in [2.05, 4.69) is 72.3 Å². The second-order valence-corrected chi connectivity index (χ2v) is 12.0. The van der Waals surface area contributed by atoms with E-state index in [1.54, 1.807) is 12.4 Å². The molecule has 44 heavy (non-hydrogen) atoms. The van der Waals surface area contributed by atoms with Gasteiger partial charge in [0.05, 0.1) is 27.8 Å². The zero-order valence-corrected chi connectivity index (χ0v) is 24.2. The molecule has 2 aromatic heterocycles. The molecule has 5 aromatic carbocycles. The van der Waals surface area contributed by atoms with E-state index >= 15 is 0 Å². The molecule has 2 aliphatic heterocycles. The van der Waals surface area contributed by atoms with Crippen molar-refractivity contribution >= 4 is 39.0 Å². The van der Waals surface area contributed by atoms with Gasteiger partial charge in [-0.15, -0.1) is 0 Å². The summed E-state index contributed by atoms with van der Waals surface area (Å²) in [7, 11) is 0. The van der Waals surface area contributed by atoms with E-state index in [-0.39, 0.29) is 10.8 Å². The summed E-state index contributed by atoms with van der Waals surface area (Å²) >= 11 is 0. The number of pyridine rings is 1. The van der Waals surface area contributed by atoms with Crippen LogP contribution in [0.1, 0.15) is 25.0 Å². The molecule has 210 valence electrons. The molecule has 0 spiro atoms. The summed E-state index contributed by atoms with van der Waals surface area (Å²) in [6, 6.07) is 36.6. The van der Waals surface area contributed by atoms with Crippen molar-refractivity contribution in [3.63, 3.8) is 0 Å². The van der Waals surface area contributed by atoms with Crippen molar-refractivity contribution in [2.75, 3.05) is 4.90 Å². The fourth-order valence-electron chi connectivity index (χ4n) is 6.89. The molecule has 0 fully saturated rings. The first-order chi connectivity index (χ1) is 21.5. The molecule has 7 aromatic rings. The van der Waals surface area contributed by atoms with E-state index < -0.39 is 0 Å². The normalized spacial score (nSPS) is 14.1. The van der Waals surface area contributed by atoms with Crippen LogP contribution in [0.25, 0.3) is 44.2 Å². The molecule has 9 rings (SSSR count). The highest BCUT2D eigenvalue weighted by Gasteiger charge is 2.41. The van der Waals surface area contributed by atoms with Crippen LogP contribution in [0.5, 0.6) is 11.5 Å². The average Bonchev–Trinajstić information content (AvgIpc) is 3.06. The lowest BCUT2D eigenvalue weighted by Gasteiger charge is -2.44. The monoisotopic (exact) mass is 570 g/mol. The van der Waals surface area contributed by atoms with Gasteiger partial charge in [0, 0.05) is 17.8 Å². The summed E-state index contributed by atoms with van der Waals surface area (Å²) in [6.45, 7) is 4.55. The number of anilines is 3. The topological polar surface area (TPSA) is 55.6 Å². The van der Waals surface area contributed by atoms with Crippen LogP contribution < -0.4 is 15.1 Å². The minimum absolute atomic E-state index is 0.0499. The summed E-state index contributed by atoms with van der Waals surface area (Å²) in [5.74, 6) is 1.65. The van der Waals surface area contributed by atoms with E-state index in [1.807, 2.05) is 60.7 Å². The SMILES string of the molecule is CC1(C)c2ccccc2N2c3cc(-c4ccc5oc6ccc(-c7ccncc7)cc6c(=O)c5c4)ccc3Oc3cccc1c32. The minimum Gasteiger partial charge on any atom is -0.456 e. The maximum absolute atomic E-state index is 13.9. The second-order valence-electron chi connectivity index (χ2n) is 12.0. The number of benzene rings is 5. The van der Waals surface area contributed by atoms with Crippen LogP contribution in [-0.4, -0.2) is 4.98 Å². The molecule has 0 aliphatic carbocycles. The molecule has 0 amide bonds. The quantitative estimate of drug-likeness (QED) is 0.194. The van der Waals surface area contributed by atoms with Gasteiger partial charge in [-0.25, -0.2) is 0 Å². The van der Waals surface area contributed by atoms with Gasteiger partial charge in [-0.3, -0.25) is 9.78 Å².